The first-order valence-corrected chi connectivity index (χ1v) is 11.2. The lowest BCUT2D eigenvalue weighted by atomic mass is 10.0. The number of likely N-dealkylation sites (tertiary alicyclic amines) is 1. The highest BCUT2D eigenvalue weighted by atomic mass is 16.5. The lowest BCUT2D eigenvalue weighted by Crippen LogP contribution is -2.41. The molecule has 3 amide bonds. The molecule has 4 rings (SSSR count). The molecule has 172 valence electrons. The van der Waals surface area contributed by atoms with Crippen molar-refractivity contribution in [3.05, 3.63) is 60.4 Å². The van der Waals surface area contributed by atoms with Crippen LogP contribution in [0.25, 0.3) is 11.4 Å². The molecule has 1 aliphatic heterocycles. The average Bonchev–Trinajstić information content (AvgIpc) is 3.34. The van der Waals surface area contributed by atoms with Crippen molar-refractivity contribution in [2.75, 3.05) is 25.0 Å². The van der Waals surface area contributed by atoms with Crippen molar-refractivity contribution in [3.8, 4) is 17.1 Å². The van der Waals surface area contributed by atoms with Gasteiger partial charge in [0.1, 0.15) is 11.6 Å². The molecule has 9 nitrogen and oxygen atoms in total. The van der Waals surface area contributed by atoms with Crippen LogP contribution in [0.15, 0.2) is 54.6 Å². The normalized spacial score (nSPS) is 15.7. The number of rotatable bonds is 7. The van der Waals surface area contributed by atoms with E-state index in [0.29, 0.717) is 36.2 Å². The Bertz CT molecular complexity index is 1080. The van der Waals surface area contributed by atoms with E-state index in [9.17, 15) is 9.59 Å². The Morgan fingerprint density at radius 1 is 1.15 bits per heavy atom. The summed E-state index contributed by atoms with van der Waals surface area (Å²) < 4.78 is 5.66. The average molecular weight is 449 g/mol. The number of amides is 3. The van der Waals surface area contributed by atoms with Gasteiger partial charge in [0, 0.05) is 24.3 Å². The maximum Gasteiger partial charge on any atom is 0.319 e. The number of hydrogen-bond donors (Lipinski definition) is 3. The van der Waals surface area contributed by atoms with Crippen LogP contribution in [0.1, 0.15) is 38.1 Å². The number of aromatic nitrogens is 3. The van der Waals surface area contributed by atoms with Crippen LogP contribution in [-0.4, -0.2) is 51.7 Å². The van der Waals surface area contributed by atoms with Gasteiger partial charge in [0.2, 0.25) is 0 Å². The number of nitrogens with one attached hydrogen (secondary N) is 3. The molecule has 0 spiro atoms. The molecular weight excluding hydrogens is 420 g/mol. The maximum atomic E-state index is 12.9. The largest absolute Gasteiger partial charge is 0.484 e. The summed E-state index contributed by atoms with van der Waals surface area (Å²) in [6.07, 6.45) is 2.77. The summed E-state index contributed by atoms with van der Waals surface area (Å²) in [7, 11) is 0. The molecule has 2 heterocycles. The SMILES string of the molecule is CCNC(=O)Nc1cccc(-c2n[nH]c([C@H]3CCCCN3C(=O)COc3ccccc3)n2)c1. The molecule has 0 saturated carbocycles. The summed E-state index contributed by atoms with van der Waals surface area (Å²) in [6.45, 7) is 3.04. The van der Waals surface area contributed by atoms with Gasteiger partial charge in [-0.1, -0.05) is 30.3 Å². The molecule has 1 aromatic heterocycles. The Morgan fingerprint density at radius 2 is 2.00 bits per heavy atom. The zero-order valence-electron chi connectivity index (χ0n) is 18.6. The van der Waals surface area contributed by atoms with Gasteiger partial charge in [0.15, 0.2) is 12.4 Å². The van der Waals surface area contributed by atoms with Crippen molar-refractivity contribution in [1.82, 2.24) is 25.4 Å². The number of urea groups is 1. The topological polar surface area (TPSA) is 112 Å². The molecule has 2 aromatic carbocycles. The Labute approximate surface area is 192 Å². The zero-order chi connectivity index (χ0) is 23.0. The zero-order valence-corrected chi connectivity index (χ0v) is 18.6. The van der Waals surface area contributed by atoms with E-state index >= 15 is 0 Å². The third-order valence-corrected chi connectivity index (χ3v) is 5.46. The van der Waals surface area contributed by atoms with Gasteiger partial charge in [-0.25, -0.2) is 9.78 Å². The van der Waals surface area contributed by atoms with Gasteiger partial charge in [0.05, 0.1) is 6.04 Å². The highest BCUT2D eigenvalue weighted by Crippen LogP contribution is 2.30. The molecule has 3 aromatic rings. The lowest BCUT2D eigenvalue weighted by Gasteiger charge is -2.34. The fraction of sp³-hybridized carbons (Fsp3) is 0.333. The van der Waals surface area contributed by atoms with E-state index in [1.54, 1.807) is 6.07 Å². The number of piperidine rings is 1. The predicted molar refractivity (Wildman–Crippen MR) is 125 cm³/mol. The Morgan fingerprint density at radius 3 is 2.82 bits per heavy atom. The number of nitrogens with zero attached hydrogens (tertiary/aromatic N) is 3. The first-order chi connectivity index (χ1) is 16.1. The van der Waals surface area contributed by atoms with Crippen molar-refractivity contribution in [3.63, 3.8) is 0 Å². The summed E-state index contributed by atoms with van der Waals surface area (Å²) >= 11 is 0. The number of anilines is 1. The minimum atomic E-state index is -0.264. The van der Waals surface area contributed by atoms with E-state index in [0.717, 1.165) is 24.8 Å². The number of ether oxygens (including phenoxy) is 1. The molecule has 0 radical (unpaired) electrons. The van der Waals surface area contributed by atoms with Crippen LogP contribution in [0, 0.1) is 0 Å². The monoisotopic (exact) mass is 448 g/mol. The molecular formula is C24H28N6O3. The van der Waals surface area contributed by atoms with E-state index in [1.165, 1.54) is 0 Å². The second-order valence-electron chi connectivity index (χ2n) is 7.81. The fourth-order valence-electron chi connectivity index (χ4n) is 3.88. The van der Waals surface area contributed by atoms with Crippen LogP contribution >= 0.6 is 0 Å². The summed E-state index contributed by atoms with van der Waals surface area (Å²) in [5.74, 6) is 1.76. The molecule has 1 aliphatic rings. The lowest BCUT2D eigenvalue weighted by molar-refractivity contribution is -0.137. The summed E-state index contributed by atoms with van der Waals surface area (Å²) in [6, 6.07) is 16.2. The second kappa shape index (κ2) is 10.6. The number of para-hydroxylation sites is 1. The van der Waals surface area contributed by atoms with Crippen molar-refractivity contribution >= 4 is 17.6 Å². The third-order valence-electron chi connectivity index (χ3n) is 5.46. The number of carbonyl (C=O) groups excluding carboxylic acids is 2. The first kappa shape index (κ1) is 22.3. The third kappa shape index (κ3) is 5.68. The summed E-state index contributed by atoms with van der Waals surface area (Å²) in [5, 5.41) is 12.9. The Balaban J connectivity index is 1.46. The molecule has 1 saturated heterocycles. The molecule has 3 N–H and O–H groups in total. The van der Waals surface area contributed by atoms with Gasteiger partial charge >= 0.3 is 6.03 Å². The van der Waals surface area contributed by atoms with Crippen LogP contribution in [-0.2, 0) is 4.79 Å². The van der Waals surface area contributed by atoms with Gasteiger partial charge in [-0.05, 0) is 50.5 Å². The summed E-state index contributed by atoms with van der Waals surface area (Å²) in [5.41, 5.74) is 1.42. The number of aromatic amines is 1. The maximum absolute atomic E-state index is 12.9. The smallest absolute Gasteiger partial charge is 0.319 e. The van der Waals surface area contributed by atoms with Gasteiger partial charge < -0.3 is 20.3 Å². The highest BCUT2D eigenvalue weighted by molar-refractivity contribution is 5.89. The molecule has 1 fully saturated rings. The van der Waals surface area contributed by atoms with Gasteiger partial charge in [0.25, 0.3) is 5.91 Å². The molecule has 0 bridgehead atoms. The number of benzene rings is 2. The highest BCUT2D eigenvalue weighted by Gasteiger charge is 2.30. The Hall–Kier alpha value is -3.88. The molecule has 1 atom stereocenters. The predicted octanol–water partition coefficient (Wildman–Crippen LogP) is 3.75. The van der Waals surface area contributed by atoms with Crippen molar-refractivity contribution < 1.29 is 14.3 Å². The van der Waals surface area contributed by atoms with E-state index in [2.05, 4.69) is 25.8 Å². The molecule has 9 heteroatoms. The van der Waals surface area contributed by atoms with E-state index in [4.69, 9.17) is 4.74 Å². The van der Waals surface area contributed by atoms with Crippen molar-refractivity contribution in [2.24, 2.45) is 0 Å². The standard InChI is InChI=1S/C24H28N6O3/c1-2-25-24(32)26-18-10-8-9-17(15-18)22-27-23(29-28-22)20-13-6-7-14-30(20)21(31)16-33-19-11-4-3-5-12-19/h3-5,8-12,15,20H,2,6-7,13-14,16H2,1H3,(H2,25,26,32)(H,27,28,29)/t20-/m1/s1. The Kier molecular flexibility index (Phi) is 7.19. The van der Waals surface area contributed by atoms with Crippen LogP contribution in [0.5, 0.6) is 5.75 Å². The van der Waals surface area contributed by atoms with Crippen LogP contribution < -0.4 is 15.4 Å². The van der Waals surface area contributed by atoms with E-state index in [-0.39, 0.29) is 24.6 Å². The van der Waals surface area contributed by atoms with E-state index < -0.39 is 0 Å². The minimum Gasteiger partial charge on any atom is -0.484 e. The van der Waals surface area contributed by atoms with Crippen LogP contribution in [0.4, 0.5) is 10.5 Å². The molecule has 0 unspecified atom stereocenters. The summed E-state index contributed by atoms with van der Waals surface area (Å²) in [4.78, 5) is 31.2. The minimum absolute atomic E-state index is 0.0188. The van der Waals surface area contributed by atoms with Crippen LogP contribution in [0.2, 0.25) is 0 Å². The van der Waals surface area contributed by atoms with Gasteiger partial charge in [-0.2, -0.15) is 5.10 Å². The molecule has 33 heavy (non-hydrogen) atoms. The fourth-order valence-corrected chi connectivity index (χ4v) is 3.88. The number of H-pyrrole nitrogens is 1. The molecule has 0 aliphatic carbocycles. The van der Waals surface area contributed by atoms with Crippen molar-refractivity contribution in [1.29, 1.82) is 0 Å². The van der Waals surface area contributed by atoms with E-state index in [1.807, 2.05) is 60.4 Å². The first-order valence-electron chi connectivity index (χ1n) is 11.2. The second-order valence-corrected chi connectivity index (χ2v) is 7.81. The van der Waals surface area contributed by atoms with Crippen molar-refractivity contribution in [2.45, 2.75) is 32.2 Å². The quantitative estimate of drug-likeness (QED) is 0.510. The number of hydrogen-bond acceptors (Lipinski definition) is 5. The number of carbonyl (C=O) groups is 2. The van der Waals surface area contributed by atoms with Gasteiger partial charge in [-0.3, -0.25) is 9.89 Å². The van der Waals surface area contributed by atoms with Crippen LogP contribution in [0.3, 0.4) is 0 Å². The van der Waals surface area contributed by atoms with Gasteiger partial charge in [-0.15, -0.1) is 0 Å².